The van der Waals surface area contributed by atoms with Crippen molar-refractivity contribution in [3.8, 4) is 17.2 Å². The number of carbonyl (C=O) groups excluding carboxylic acids is 1. The highest BCUT2D eigenvalue weighted by molar-refractivity contribution is 5.94. The number of nitrogens with one attached hydrogen (secondary N) is 1. The van der Waals surface area contributed by atoms with E-state index in [1.807, 2.05) is 32.0 Å². The van der Waals surface area contributed by atoms with Gasteiger partial charge < -0.3 is 19.5 Å². The highest BCUT2D eigenvalue weighted by Crippen LogP contribution is 2.30. The fourth-order valence-corrected chi connectivity index (χ4v) is 2.37. The van der Waals surface area contributed by atoms with E-state index in [9.17, 15) is 4.79 Å². The molecule has 2 aromatic rings. The maximum absolute atomic E-state index is 12.4. The fraction of sp³-hybridized carbons (Fsp3) is 0.316. The highest BCUT2D eigenvalue weighted by Gasteiger charge is 2.17. The molecule has 0 aliphatic heterocycles. The molecule has 0 saturated carbocycles. The van der Waals surface area contributed by atoms with Crippen LogP contribution < -0.4 is 19.5 Å². The lowest BCUT2D eigenvalue weighted by Gasteiger charge is -2.18. The minimum Gasteiger partial charge on any atom is -0.493 e. The van der Waals surface area contributed by atoms with Gasteiger partial charge in [-0.15, -0.1) is 0 Å². The second-order valence-corrected chi connectivity index (χ2v) is 5.54. The molecule has 0 radical (unpaired) electrons. The summed E-state index contributed by atoms with van der Waals surface area (Å²) in [4.78, 5) is 12.4. The van der Waals surface area contributed by atoms with E-state index in [0.29, 0.717) is 17.2 Å². The average Bonchev–Trinajstić information content (AvgIpc) is 2.57. The molecule has 0 spiro atoms. The normalized spacial score (nSPS) is 11.5. The number of hydrogen-bond donors (Lipinski definition) is 1. The first-order valence-corrected chi connectivity index (χ1v) is 7.72. The Kier molecular flexibility index (Phi) is 5.68. The summed E-state index contributed by atoms with van der Waals surface area (Å²) in [5.74, 6) is 1.67. The minimum absolute atomic E-state index is 0.232. The number of carbonyl (C=O) groups is 1. The zero-order valence-corrected chi connectivity index (χ0v) is 14.7. The quantitative estimate of drug-likeness (QED) is 0.877. The zero-order valence-electron chi connectivity index (χ0n) is 14.7. The smallest absolute Gasteiger partial charge is 0.265 e. The van der Waals surface area contributed by atoms with Gasteiger partial charge in [-0.05, 0) is 44.0 Å². The number of anilines is 1. The van der Waals surface area contributed by atoms with Crippen LogP contribution in [0.5, 0.6) is 17.2 Å². The van der Waals surface area contributed by atoms with Gasteiger partial charge in [0, 0.05) is 11.8 Å². The molecule has 5 heteroatoms. The third kappa shape index (κ3) is 3.98. The maximum atomic E-state index is 12.4. The maximum Gasteiger partial charge on any atom is 0.265 e. The first-order valence-electron chi connectivity index (χ1n) is 7.72. The van der Waals surface area contributed by atoms with E-state index in [1.54, 1.807) is 39.3 Å². The van der Waals surface area contributed by atoms with Gasteiger partial charge in [0.2, 0.25) is 0 Å². The minimum atomic E-state index is -0.627. The van der Waals surface area contributed by atoms with E-state index in [4.69, 9.17) is 14.2 Å². The lowest BCUT2D eigenvalue weighted by molar-refractivity contribution is -0.122. The molecule has 1 atom stereocenters. The van der Waals surface area contributed by atoms with E-state index in [2.05, 4.69) is 5.32 Å². The number of ether oxygens (including phenoxy) is 3. The van der Waals surface area contributed by atoms with Gasteiger partial charge in [0.15, 0.2) is 17.6 Å². The van der Waals surface area contributed by atoms with Crippen LogP contribution in [0.1, 0.15) is 18.1 Å². The summed E-state index contributed by atoms with van der Waals surface area (Å²) in [7, 11) is 3.12. The third-order valence-electron chi connectivity index (χ3n) is 3.72. The van der Waals surface area contributed by atoms with Gasteiger partial charge in [-0.25, -0.2) is 0 Å². The molecule has 0 bridgehead atoms. The molecular weight excluding hydrogens is 306 g/mol. The molecule has 5 nitrogen and oxygen atoms in total. The molecule has 2 rings (SSSR count). The second-order valence-electron chi connectivity index (χ2n) is 5.54. The summed E-state index contributed by atoms with van der Waals surface area (Å²) in [6.07, 6.45) is -0.627. The molecule has 0 aliphatic rings. The molecule has 1 N–H and O–H groups in total. The van der Waals surface area contributed by atoms with Crippen molar-refractivity contribution in [2.75, 3.05) is 19.5 Å². The van der Waals surface area contributed by atoms with Crippen LogP contribution in [0, 0.1) is 13.8 Å². The molecule has 0 fully saturated rings. The first-order chi connectivity index (χ1) is 11.5. The van der Waals surface area contributed by atoms with Crippen molar-refractivity contribution in [1.29, 1.82) is 0 Å². The monoisotopic (exact) mass is 329 g/mol. The molecule has 0 aliphatic carbocycles. The molecular formula is C19H23NO4. The van der Waals surface area contributed by atoms with Crippen LogP contribution >= 0.6 is 0 Å². The van der Waals surface area contributed by atoms with Crippen molar-refractivity contribution < 1.29 is 19.0 Å². The van der Waals surface area contributed by atoms with Crippen LogP contribution in [0.4, 0.5) is 5.69 Å². The third-order valence-corrected chi connectivity index (χ3v) is 3.72. The Hall–Kier alpha value is -2.69. The Morgan fingerprint density at radius 3 is 2.21 bits per heavy atom. The van der Waals surface area contributed by atoms with Crippen molar-refractivity contribution in [1.82, 2.24) is 0 Å². The Labute approximate surface area is 142 Å². The SMILES string of the molecule is COc1ccc(NC(=O)[C@@H](C)Oc2c(C)cccc2C)cc1OC. The number of rotatable bonds is 6. The standard InChI is InChI=1S/C19H23NO4/c1-12-7-6-8-13(2)18(12)24-14(3)19(21)20-15-9-10-16(22-4)17(11-15)23-5/h6-11,14H,1-5H3,(H,20,21)/t14-/m1/s1. The predicted octanol–water partition coefficient (Wildman–Crippen LogP) is 3.73. The van der Waals surface area contributed by atoms with Gasteiger partial charge in [0.25, 0.3) is 5.91 Å². The van der Waals surface area contributed by atoms with Crippen molar-refractivity contribution in [3.05, 3.63) is 47.5 Å². The molecule has 0 saturated heterocycles. The van der Waals surface area contributed by atoms with E-state index in [1.165, 1.54) is 0 Å². The molecule has 1 amide bonds. The van der Waals surface area contributed by atoms with E-state index in [0.717, 1.165) is 16.9 Å². The van der Waals surface area contributed by atoms with Crippen LogP contribution in [0.2, 0.25) is 0 Å². The lowest BCUT2D eigenvalue weighted by Crippen LogP contribution is -2.30. The van der Waals surface area contributed by atoms with E-state index in [-0.39, 0.29) is 5.91 Å². The van der Waals surface area contributed by atoms with Crippen LogP contribution in [-0.4, -0.2) is 26.2 Å². The van der Waals surface area contributed by atoms with Gasteiger partial charge in [-0.1, -0.05) is 18.2 Å². The zero-order chi connectivity index (χ0) is 17.7. The van der Waals surface area contributed by atoms with Gasteiger partial charge in [0.05, 0.1) is 14.2 Å². The number of amides is 1. The van der Waals surface area contributed by atoms with Crippen LogP contribution in [0.25, 0.3) is 0 Å². The van der Waals surface area contributed by atoms with Crippen LogP contribution in [-0.2, 0) is 4.79 Å². The summed E-state index contributed by atoms with van der Waals surface area (Å²) >= 11 is 0. The number of benzene rings is 2. The van der Waals surface area contributed by atoms with Gasteiger partial charge >= 0.3 is 0 Å². The average molecular weight is 329 g/mol. The van der Waals surface area contributed by atoms with Crippen molar-refractivity contribution in [2.45, 2.75) is 26.9 Å². The van der Waals surface area contributed by atoms with Gasteiger partial charge in [-0.3, -0.25) is 4.79 Å². The summed E-state index contributed by atoms with van der Waals surface area (Å²) in [6.45, 7) is 5.64. The summed E-state index contributed by atoms with van der Waals surface area (Å²) in [5, 5.41) is 2.83. The largest absolute Gasteiger partial charge is 0.493 e. The number of methoxy groups -OCH3 is 2. The second kappa shape index (κ2) is 7.73. The first kappa shape index (κ1) is 17.7. The lowest BCUT2D eigenvalue weighted by atomic mass is 10.1. The number of aryl methyl sites for hydroxylation is 2. The molecule has 128 valence electrons. The van der Waals surface area contributed by atoms with Crippen LogP contribution in [0.3, 0.4) is 0 Å². The van der Waals surface area contributed by atoms with Gasteiger partial charge in [-0.2, -0.15) is 0 Å². The van der Waals surface area contributed by atoms with Crippen molar-refractivity contribution in [3.63, 3.8) is 0 Å². The highest BCUT2D eigenvalue weighted by atomic mass is 16.5. The molecule has 24 heavy (non-hydrogen) atoms. The van der Waals surface area contributed by atoms with Crippen molar-refractivity contribution >= 4 is 11.6 Å². The molecule has 0 aromatic heterocycles. The number of hydrogen-bond acceptors (Lipinski definition) is 4. The van der Waals surface area contributed by atoms with Crippen molar-refractivity contribution in [2.24, 2.45) is 0 Å². The van der Waals surface area contributed by atoms with E-state index < -0.39 is 6.10 Å². The Balaban J connectivity index is 2.09. The Bertz CT molecular complexity index is 707. The predicted molar refractivity (Wildman–Crippen MR) is 94.2 cm³/mol. The van der Waals surface area contributed by atoms with Gasteiger partial charge in [0.1, 0.15) is 5.75 Å². The molecule has 2 aromatic carbocycles. The summed E-state index contributed by atoms with van der Waals surface area (Å²) < 4.78 is 16.3. The Morgan fingerprint density at radius 2 is 1.62 bits per heavy atom. The summed E-state index contributed by atoms with van der Waals surface area (Å²) in [5.41, 5.74) is 2.62. The van der Waals surface area contributed by atoms with E-state index >= 15 is 0 Å². The fourth-order valence-electron chi connectivity index (χ4n) is 2.37. The summed E-state index contributed by atoms with van der Waals surface area (Å²) in [6, 6.07) is 11.1. The number of para-hydroxylation sites is 1. The molecule has 0 unspecified atom stereocenters. The van der Waals surface area contributed by atoms with Crippen LogP contribution in [0.15, 0.2) is 36.4 Å². The molecule has 0 heterocycles. The Morgan fingerprint density at radius 1 is 1.00 bits per heavy atom. The topological polar surface area (TPSA) is 56.8 Å².